The number of benzene rings is 2. The SMILES string of the molecule is CCN(CC)C(=O)c1c2nc3c(C(=O)N(CC)CC)c([N+](=O)[O-])c(O)c(C)c3oc-2c(C)c(=O)c1N. The second kappa shape index (κ2) is 9.80. The number of hydrogen-bond donors (Lipinski definition) is 2. The highest BCUT2D eigenvalue weighted by molar-refractivity contribution is 6.12. The molecular weight excluding hydrogens is 470 g/mol. The summed E-state index contributed by atoms with van der Waals surface area (Å²) in [7, 11) is 0. The number of nitro benzene ring substituents is 1. The topological polar surface area (TPSA) is 173 Å². The number of aromatic nitrogens is 1. The van der Waals surface area contributed by atoms with Crippen molar-refractivity contribution in [1.29, 1.82) is 0 Å². The van der Waals surface area contributed by atoms with Crippen molar-refractivity contribution in [2.24, 2.45) is 0 Å². The molecule has 0 aromatic heterocycles. The van der Waals surface area contributed by atoms with Gasteiger partial charge in [0.2, 0.25) is 11.2 Å². The van der Waals surface area contributed by atoms with Crippen LogP contribution in [-0.4, -0.2) is 62.8 Å². The van der Waals surface area contributed by atoms with Crippen LogP contribution >= 0.6 is 0 Å². The molecule has 1 aliphatic heterocycles. The summed E-state index contributed by atoms with van der Waals surface area (Å²) in [6.07, 6.45) is 0. The van der Waals surface area contributed by atoms with E-state index in [9.17, 15) is 29.6 Å². The van der Waals surface area contributed by atoms with Gasteiger partial charge in [0.25, 0.3) is 11.8 Å². The van der Waals surface area contributed by atoms with Gasteiger partial charge in [-0.15, -0.1) is 0 Å². The number of carbonyl (C=O) groups excluding carboxylic acids is 2. The van der Waals surface area contributed by atoms with E-state index in [-0.39, 0.29) is 58.0 Å². The third kappa shape index (κ3) is 3.88. The Kier molecular flexibility index (Phi) is 7.18. The molecule has 0 atom stereocenters. The zero-order chi connectivity index (χ0) is 27.1. The molecule has 2 amide bonds. The summed E-state index contributed by atoms with van der Waals surface area (Å²) in [6, 6.07) is 0. The minimum Gasteiger partial charge on any atom is -0.502 e. The number of phenols is 1. The van der Waals surface area contributed by atoms with Crippen molar-refractivity contribution in [3.05, 3.63) is 42.6 Å². The van der Waals surface area contributed by atoms with Crippen LogP contribution in [0.1, 0.15) is 59.5 Å². The Balaban J connectivity index is 2.64. The number of fused-ring (bicyclic) bond motifs is 2. The molecule has 36 heavy (non-hydrogen) atoms. The maximum absolute atomic E-state index is 13.4. The van der Waals surface area contributed by atoms with Gasteiger partial charge < -0.3 is 25.1 Å². The lowest BCUT2D eigenvalue weighted by atomic mass is 9.98. The Morgan fingerprint density at radius 3 is 1.97 bits per heavy atom. The Bertz CT molecular complexity index is 1420. The molecule has 1 aromatic carbocycles. The molecule has 1 heterocycles. The Morgan fingerprint density at radius 1 is 1.00 bits per heavy atom. The van der Waals surface area contributed by atoms with Crippen LogP contribution in [0.3, 0.4) is 0 Å². The van der Waals surface area contributed by atoms with E-state index in [0.717, 1.165) is 0 Å². The predicted molar refractivity (Wildman–Crippen MR) is 134 cm³/mol. The second-order valence-electron chi connectivity index (χ2n) is 8.22. The number of aromatic hydroxyl groups is 1. The van der Waals surface area contributed by atoms with Crippen molar-refractivity contribution < 1.29 is 24.0 Å². The number of phenolic OH excluding ortho intramolecular Hbond substituents is 1. The minimum atomic E-state index is -0.854. The predicted octanol–water partition coefficient (Wildman–Crippen LogP) is 3.07. The molecule has 3 rings (SSSR count). The highest BCUT2D eigenvalue weighted by Gasteiger charge is 2.37. The summed E-state index contributed by atoms with van der Waals surface area (Å²) < 4.78 is 5.99. The molecule has 3 N–H and O–H groups in total. The van der Waals surface area contributed by atoms with Crippen LogP contribution in [0, 0.1) is 24.0 Å². The van der Waals surface area contributed by atoms with Crippen molar-refractivity contribution in [1.82, 2.24) is 14.8 Å². The van der Waals surface area contributed by atoms with E-state index >= 15 is 0 Å². The molecule has 192 valence electrons. The molecule has 0 bridgehead atoms. The molecule has 2 aliphatic rings. The lowest BCUT2D eigenvalue weighted by Gasteiger charge is -2.23. The lowest BCUT2D eigenvalue weighted by molar-refractivity contribution is -0.386. The molecule has 1 aliphatic carbocycles. The summed E-state index contributed by atoms with van der Waals surface area (Å²) in [5.74, 6) is -2.11. The van der Waals surface area contributed by atoms with Crippen LogP contribution < -0.4 is 11.2 Å². The molecular formula is C24H29N5O7. The number of nitrogens with two attached hydrogens (primary N) is 1. The summed E-state index contributed by atoms with van der Waals surface area (Å²) in [4.78, 5) is 58.1. The molecule has 0 fully saturated rings. The average Bonchev–Trinajstić information content (AvgIpc) is 2.85. The lowest BCUT2D eigenvalue weighted by Crippen LogP contribution is -2.34. The van der Waals surface area contributed by atoms with Gasteiger partial charge in [0.15, 0.2) is 16.9 Å². The first kappa shape index (κ1) is 26.4. The smallest absolute Gasteiger partial charge is 0.326 e. The third-order valence-corrected chi connectivity index (χ3v) is 6.40. The monoisotopic (exact) mass is 499 g/mol. The minimum absolute atomic E-state index is 0.0394. The molecule has 0 radical (unpaired) electrons. The first-order valence-electron chi connectivity index (χ1n) is 11.6. The van der Waals surface area contributed by atoms with E-state index in [1.165, 1.54) is 23.6 Å². The zero-order valence-corrected chi connectivity index (χ0v) is 21.1. The second-order valence-corrected chi connectivity index (χ2v) is 8.22. The Morgan fingerprint density at radius 2 is 1.50 bits per heavy atom. The van der Waals surface area contributed by atoms with Crippen molar-refractivity contribution in [3.8, 4) is 17.2 Å². The molecule has 0 saturated carbocycles. The quantitative estimate of drug-likeness (QED) is 0.214. The van der Waals surface area contributed by atoms with Gasteiger partial charge in [0, 0.05) is 37.3 Å². The van der Waals surface area contributed by atoms with Gasteiger partial charge in [-0.3, -0.25) is 24.5 Å². The van der Waals surface area contributed by atoms with Crippen LogP contribution in [0.5, 0.6) is 5.75 Å². The van der Waals surface area contributed by atoms with Gasteiger partial charge >= 0.3 is 5.69 Å². The summed E-state index contributed by atoms with van der Waals surface area (Å²) in [5.41, 5.74) is 3.25. The number of aryl methyl sites for hydroxylation is 1. The Labute approximate surface area is 206 Å². The van der Waals surface area contributed by atoms with E-state index in [1.54, 1.807) is 27.7 Å². The number of carbonyl (C=O) groups is 2. The van der Waals surface area contributed by atoms with E-state index in [4.69, 9.17) is 10.2 Å². The fourth-order valence-electron chi connectivity index (χ4n) is 4.26. The van der Waals surface area contributed by atoms with E-state index in [1.807, 2.05) is 0 Å². The number of nitrogen functional groups attached to an aromatic ring is 1. The van der Waals surface area contributed by atoms with E-state index < -0.39 is 39.2 Å². The zero-order valence-electron chi connectivity index (χ0n) is 21.1. The van der Waals surface area contributed by atoms with Gasteiger partial charge in [0.1, 0.15) is 11.2 Å². The van der Waals surface area contributed by atoms with Gasteiger partial charge in [-0.2, -0.15) is 0 Å². The third-order valence-electron chi connectivity index (χ3n) is 6.40. The number of amides is 2. The molecule has 12 nitrogen and oxygen atoms in total. The fourth-order valence-corrected chi connectivity index (χ4v) is 4.26. The van der Waals surface area contributed by atoms with Crippen molar-refractivity contribution >= 4 is 34.3 Å². The van der Waals surface area contributed by atoms with Crippen LogP contribution in [-0.2, 0) is 0 Å². The van der Waals surface area contributed by atoms with Gasteiger partial charge in [-0.25, -0.2) is 4.98 Å². The van der Waals surface area contributed by atoms with Crippen LogP contribution in [0.2, 0.25) is 0 Å². The number of rotatable bonds is 7. The highest BCUT2D eigenvalue weighted by atomic mass is 16.6. The fraction of sp³-hybridized carbons (Fsp3) is 0.417. The van der Waals surface area contributed by atoms with Gasteiger partial charge in [-0.05, 0) is 41.5 Å². The van der Waals surface area contributed by atoms with Gasteiger partial charge in [0.05, 0.1) is 16.2 Å². The number of nitrogens with zero attached hydrogens (tertiary/aromatic N) is 4. The molecule has 1 aromatic rings. The van der Waals surface area contributed by atoms with Crippen molar-refractivity contribution in [2.75, 3.05) is 31.9 Å². The first-order chi connectivity index (χ1) is 17.0. The Hall–Kier alpha value is -4.22. The van der Waals surface area contributed by atoms with Crippen LogP contribution in [0.4, 0.5) is 11.4 Å². The summed E-state index contributed by atoms with van der Waals surface area (Å²) in [6.45, 7) is 10.9. The van der Waals surface area contributed by atoms with E-state index in [2.05, 4.69) is 4.98 Å². The maximum Gasteiger partial charge on any atom is 0.326 e. The highest BCUT2D eigenvalue weighted by Crippen LogP contribution is 2.43. The average molecular weight is 500 g/mol. The number of anilines is 1. The maximum atomic E-state index is 13.4. The largest absolute Gasteiger partial charge is 0.502 e. The van der Waals surface area contributed by atoms with Crippen LogP contribution in [0.15, 0.2) is 9.21 Å². The first-order valence-corrected chi connectivity index (χ1v) is 11.6. The van der Waals surface area contributed by atoms with Gasteiger partial charge in [-0.1, -0.05) is 0 Å². The molecule has 0 saturated heterocycles. The molecule has 12 heteroatoms. The van der Waals surface area contributed by atoms with E-state index in [0.29, 0.717) is 13.1 Å². The van der Waals surface area contributed by atoms with Crippen molar-refractivity contribution in [3.63, 3.8) is 0 Å². The number of hydrogen-bond acceptors (Lipinski definition) is 9. The number of nitro groups is 1. The molecule has 0 spiro atoms. The summed E-state index contributed by atoms with van der Waals surface area (Å²) in [5, 5.41) is 22.7. The molecule has 0 unspecified atom stereocenters. The van der Waals surface area contributed by atoms with Crippen LogP contribution in [0.25, 0.3) is 22.6 Å². The standard InChI is InChI=1S/C24H29N5O7/c1-7-27(8-2)23(32)13-15(25)19(30)11(5)21-16(13)26-17-14(24(33)28(9-3)10-4)18(29(34)35)20(31)12(6)22(17)36-21/h31H,7-10,25H2,1-6H3. The van der Waals surface area contributed by atoms with Crippen molar-refractivity contribution in [2.45, 2.75) is 41.5 Å². The normalized spacial score (nSPS) is 11.2. The summed E-state index contributed by atoms with van der Waals surface area (Å²) >= 11 is 0.